The highest BCUT2D eigenvalue weighted by Gasteiger charge is 1.80. The molecule has 0 aromatic carbocycles. The first-order valence-electron chi connectivity index (χ1n) is 4.64. The molecule has 0 heteroatoms. The molecular weight excluding hydrogens is 144 g/mol. The van der Waals surface area contributed by atoms with Crippen LogP contribution < -0.4 is 0 Å². The lowest BCUT2D eigenvalue weighted by atomic mass is 10.2. The minimum absolute atomic E-state index is 1.30. The van der Waals surface area contributed by atoms with Crippen LogP contribution in [-0.2, 0) is 0 Å². The van der Waals surface area contributed by atoms with Crippen LogP contribution >= 0.6 is 0 Å². The van der Waals surface area contributed by atoms with Gasteiger partial charge in [0.15, 0.2) is 0 Å². The maximum Gasteiger partial charge on any atom is -0.0398 e. The first-order chi connectivity index (χ1) is 5.70. The summed E-state index contributed by atoms with van der Waals surface area (Å²) in [7, 11) is 0. The normalized spacial score (nSPS) is 12.8. The Bertz CT molecular complexity index is 168. The summed E-state index contributed by atoms with van der Waals surface area (Å²) in [6.07, 6.45) is 8.43. The molecule has 0 heterocycles. The van der Waals surface area contributed by atoms with Gasteiger partial charge in [0.25, 0.3) is 0 Å². The number of allylic oxidation sites excluding steroid dienone is 6. The van der Waals surface area contributed by atoms with Gasteiger partial charge in [0, 0.05) is 0 Å². The molecule has 0 spiro atoms. The minimum Gasteiger partial charge on any atom is -0.0874 e. The molecule has 70 valence electrons. The van der Waals surface area contributed by atoms with E-state index in [4.69, 9.17) is 0 Å². The summed E-state index contributed by atoms with van der Waals surface area (Å²) in [5.74, 6) is 0. The molecule has 0 aromatic rings. The van der Waals surface area contributed by atoms with Gasteiger partial charge in [-0.15, -0.1) is 0 Å². The van der Waals surface area contributed by atoms with Gasteiger partial charge in [-0.25, -0.2) is 0 Å². The van der Waals surface area contributed by atoms with E-state index in [0.29, 0.717) is 0 Å². The molecule has 0 saturated heterocycles. The smallest absolute Gasteiger partial charge is 0.0398 e. The van der Waals surface area contributed by atoms with Crippen molar-refractivity contribution < 1.29 is 0 Å². The zero-order chi connectivity index (χ0) is 9.98. The van der Waals surface area contributed by atoms with Crippen molar-refractivity contribution in [2.45, 2.75) is 41.5 Å². The van der Waals surface area contributed by atoms with Crippen LogP contribution in [0.25, 0.3) is 0 Å². The summed E-state index contributed by atoms with van der Waals surface area (Å²) < 4.78 is 0. The Balaban J connectivity index is 0. The van der Waals surface area contributed by atoms with Gasteiger partial charge in [-0.05, 0) is 27.7 Å². The number of hydrogen-bond donors (Lipinski definition) is 0. The summed E-state index contributed by atoms with van der Waals surface area (Å²) >= 11 is 0. The zero-order valence-corrected chi connectivity index (χ0v) is 9.31. The highest BCUT2D eigenvalue weighted by molar-refractivity contribution is 5.26. The maximum absolute atomic E-state index is 2.17. The summed E-state index contributed by atoms with van der Waals surface area (Å²) in [5.41, 5.74) is 2.62. The molecule has 0 atom stereocenters. The molecule has 0 saturated carbocycles. The van der Waals surface area contributed by atoms with Crippen LogP contribution in [0.3, 0.4) is 0 Å². The van der Waals surface area contributed by atoms with Gasteiger partial charge in [-0.1, -0.05) is 49.3 Å². The summed E-state index contributed by atoms with van der Waals surface area (Å²) in [6.45, 7) is 12.3. The second kappa shape index (κ2) is 10.2. The summed E-state index contributed by atoms with van der Waals surface area (Å²) in [6, 6.07) is 0. The van der Waals surface area contributed by atoms with Crippen LogP contribution in [-0.4, -0.2) is 0 Å². The Morgan fingerprint density at radius 2 is 1.42 bits per heavy atom. The van der Waals surface area contributed by atoms with Crippen LogP contribution in [0.1, 0.15) is 41.5 Å². The SMILES string of the molecule is CC.C\C=C(C)/C=C(C)\C=C\C. The van der Waals surface area contributed by atoms with Crippen molar-refractivity contribution in [1.29, 1.82) is 0 Å². The van der Waals surface area contributed by atoms with E-state index in [-0.39, 0.29) is 0 Å². The molecule has 0 rings (SSSR count). The molecule has 0 unspecified atom stereocenters. The standard InChI is InChI=1S/C10H16.C2H6/c1-5-7-10(4)8-9(3)6-2;1-2/h5-8H,1-4H3;1-2H3/b7-5+,9-6-,10-8-;. The van der Waals surface area contributed by atoms with E-state index in [9.17, 15) is 0 Å². The van der Waals surface area contributed by atoms with Crippen molar-refractivity contribution in [2.24, 2.45) is 0 Å². The lowest BCUT2D eigenvalue weighted by molar-refractivity contribution is 1.41. The predicted molar refractivity (Wildman–Crippen MR) is 59.4 cm³/mol. The Kier molecular flexibility index (Phi) is 11.7. The first kappa shape index (κ1) is 13.8. The molecule has 0 nitrogen and oxygen atoms in total. The van der Waals surface area contributed by atoms with E-state index in [1.54, 1.807) is 0 Å². The third kappa shape index (κ3) is 9.22. The topological polar surface area (TPSA) is 0 Å². The lowest BCUT2D eigenvalue weighted by Gasteiger charge is -1.91. The molecule has 0 radical (unpaired) electrons. The van der Waals surface area contributed by atoms with E-state index in [2.05, 4.69) is 45.1 Å². The Morgan fingerprint density at radius 3 is 1.75 bits per heavy atom. The van der Waals surface area contributed by atoms with E-state index < -0.39 is 0 Å². The summed E-state index contributed by atoms with van der Waals surface area (Å²) in [5, 5.41) is 0. The second-order valence-corrected chi connectivity index (χ2v) is 2.42. The molecule has 0 fully saturated rings. The molecule has 0 bridgehead atoms. The minimum atomic E-state index is 1.30. The average Bonchev–Trinajstić information content (AvgIpc) is 2.08. The van der Waals surface area contributed by atoms with Crippen molar-refractivity contribution in [3.63, 3.8) is 0 Å². The fourth-order valence-corrected chi connectivity index (χ4v) is 0.753. The fourth-order valence-electron chi connectivity index (χ4n) is 0.753. The van der Waals surface area contributed by atoms with Gasteiger partial charge in [0.2, 0.25) is 0 Å². The Labute approximate surface area is 77.7 Å². The van der Waals surface area contributed by atoms with Crippen LogP contribution in [0.2, 0.25) is 0 Å². The van der Waals surface area contributed by atoms with Gasteiger partial charge in [-0.3, -0.25) is 0 Å². The third-order valence-corrected chi connectivity index (χ3v) is 1.34. The molecule has 0 amide bonds. The molecule has 0 aliphatic carbocycles. The van der Waals surface area contributed by atoms with Gasteiger partial charge >= 0.3 is 0 Å². The molecular formula is C12H22. The van der Waals surface area contributed by atoms with Crippen LogP contribution in [0.15, 0.2) is 35.5 Å². The molecule has 12 heavy (non-hydrogen) atoms. The highest BCUT2D eigenvalue weighted by Crippen LogP contribution is 2.01. The third-order valence-electron chi connectivity index (χ3n) is 1.34. The Hall–Kier alpha value is -0.780. The largest absolute Gasteiger partial charge is 0.0874 e. The average molecular weight is 166 g/mol. The monoisotopic (exact) mass is 166 g/mol. The van der Waals surface area contributed by atoms with Crippen molar-refractivity contribution in [1.82, 2.24) is 0 Å². The highest BCUT2D eigenvalue weighted by atomic mass is 13.9. The number of hydrogen-bond acceptors (Lipinski definition) is 0. The van der Waals surface area contributed by atoms with Crippen molar-refractivity contribution in [3.8, 4) is 0 Å². The number of rotatable bonds is 2. The second-order valence-electron chi connectivity index (χ2n) is 2.42. The van der Waals surface area contributed by atoms with E-state index >= 15 is 0 Å². The molecule has 0 aliphatic heterocycles. The molecule has 0 aromatic heterocycles. The maximum atomic E-state index is 2.17. The van der Waals surface area contributed by atoms with Crippen molar-refractivity contribution in [2.75, 3.05) is 0 Å². The first-order valence-corrected chi connectivity index (χ1v) is 4.64. The van der Waals surface area contributed by atoms with Gasteiger partial charge < -0.3 is 0 Å². The van der Waals surface area contributed by atoms with Crippen molar-refractivity contribution >= 4 is 0 Å². The van der Waals surface area contributed by atoms with E-state index in [1.807, 2.05) is 20.8 Å². The lowest BCUT2D eigenvalue weighted by Crippen LogP contribution is -1.70. The zero-order valence-electron chi connectivity index (χ0n) is 9.31. The summed E-state index contributed by atoms with van der Waals surface area (Å²) in [4.78, 5) is 0. The molecule has 0 N–H and O–H groups in total. The fraction of sp³-hybridized carbons (Fsp3) is 0.500. The molecule has 0 aliphatic rings. The van der Waals surface area contributed by atoms with Crippen LogP contribution in [0.4, 0.5) is 0 Å². The quantitative estimate of drug-likeness (QED) is 0.530. The van der Waals surface area contributed by atoms with Gasteiger partial charge in [-0.2, -0.15) is 0 Å². The van der Waals surface area contributed by atoms with E-state index in [0.717, 1.165) is 0 Å². The van der Waals surface area contributed by atoms with Crippen LogP contribution in [0.5, 0.6) is 0 Å². The predicted octanol–water partition coefficient (Wildman–Crippen LogP) is 4.50. The van der Waals surface area contributed by atoms with Gasteiger partial charge in [0.05, 0.1) is 0 Å². The van der Waals surface area contributed by atoms with Crippen molar-refractivity contribution in [3.05, 3.63) is 35.5 Å². The van der Waals surface area contributed by atoms with Gasteiger partial charge in [0.1, 0.15) is 0 Å². The Morgan fingerprint density at radius 1 is 0.917 bits per heavy atom. The van der Waals surface area contributed by atoms with E-state index in [1.165, 1.54) is 11.1 Å². The van der Waals surface area contributed by atoms with Crippen LogP contribution in [0, 0.1) is 0 Å².